The fourth-order valence-corrected chi connectivity index (χ4v) is 1.64. The second kappa shape index (κ2) is 8.49. The summed E-state index contributed by atoms with van der Waals surface area (Å²) in [5.41, 5.74) is 0.396. The molecule has 118 valence electrons. The van der Waals surface area contributed by atoms with Gasteiger partial charge >= 0.3 is 6.18 Å². The fraction of sp³-hybridized carbons (Fsp3) is 0.571. The maximum Gasteiger partial charge on any atom is 0.389 e. The van der Waals surface area contributed by atoms with Crippen molar-refractivity contribution in [2.45, 2.75) is 38.8 Å². The van der Waals surface area contributed by atoms with Crippen LogP contribution in [0.1, 0.15) is 43.0 Å². The second-order valence-electron chi connectivity index (χ2n) is 4.69. The number of hydrogen-bond acceptors (Lipinski definition) is 3. The molecule has 1 rings (SSSR count). The molecule has 0 radical (unpaired) electrons. The van der Waals surface area contributed by atoms with Crippen LogP contribution in [0, 0.1) is 0 Å². The molecule has 1 heterocycles. The van der Waals surface area contributed by atoms with Gasteiger partial charge in [0.1, 0.15) is 5.82 Å². The number of amides is 1. The van der Waals surface area contributed by atoms with E-state index in [9.17, 15) is 18.0 Å². The topological polar surface area (TPSA) is 54.0 Å². The zero-order chi connectivity index (χ0) is 15.7. The van der Waals surface area contributed by atoms with Gasteiger partial charge in [0, 0.05) is 25.7 Å². The van der Waals surface area contributed by atoms with Crippen molar-refractivity contribution >= 4 is 11.7 Å². The largest absolute Gasteiger partial charge is 0.389 e. The number of alkyl halides is 3. The van der Waals surface area contributed by atoms with Gasteiger partial charge in [-0.1, -0.05) is 6.92 Å². The molecule has 21 heavy (non-hydrogen) atoms. The van der Waals surface area contributed by atoms with E-state index < -0.39 is 12.6 Å². The first kappa shape index (κ1) is 17.3. The Bertz CT molecular complexity index is 432. The summed E-state index contributed by atoms with van der Waals surface area (Å²) in [6, 6.07) is 3.34. The minimum atomic E-state index is -4.13. The van der Waals surface area contributed by atoms with E-state index in [2.05, 4.69) is 15.6 Å². The van der Waals surface area contributed by atoms with E-state index in [1.54, 1.807) is 12.1 Å². The first-order valence-corrected chi connectivity index (χ1v) is 6.97. The Kier molecular flexibility index (Phi) is 6.98. The van der Waals surface area contributed by atoms with E-state index in [1.165, 1.54) is 6.20 Å². The average molecular weight is 303 g/mol. The van der Waals surface area contributed by atoms with E-state index in [-0.39, 0.29) is 18.9 Å². The molecule has 1 amide bonds. The molecule has 0 unspecified atom stereocenters. The molecule has 0 aliphatic heterocycles. The lowest BCUT2D eigenvalue weighted by Gasteiger charge is -2.08. The van der Waals surface area contributed by atoms with E-state index >= 15 is 0 Å². The van der Waals surface area contributed by atoms with Crippen molar-refractivity contribution < 1.29 is 18.0 Å². The standard InChI is InChI=1S/C14H20F3N3O/c1-2-8-18-12-6-5-11(10-20-12)13(21)19-9-4-3-7-14(15,16)17/h5-6,10H,2-4,7-9H2,1H3,(H,18,20)(H,19,21). The van der Waals surface area contributed by atoms with Crippen molar-refractivity contribution in [2.24, 2.45) is 0 Å². The first-order chi connectivity index (χ1) is 9.92. The number of anilines is 1. The molecule has 0 saturated carbocycles. The summed E-state index contributed by atoms with van der Waals surface area (Å²) in [6.07, 6.45) is -2.21. The van der Waals surface area contributed by atoms with Crippen molar-refractivity contribution in [1.82, 2.24) is 10.3 Å². The SMILES string of the molecule is CCCNc1ccc(C(=O)NCCCCC(F)(F)F)cn1. The Labute approximate surface area is 122 Å². The normalized spacial score (nSPS) is 11.2. The smallest absolute Gasteiger partial charge is 0.370 e. The highest BCUT2D eigenvalue weighted by molar-refractivity contribution is 5.93. The molecular weight excluding hydrogens is 283 g/mol. The van der Waals surface area contributed by atoms with E-state index in [1.807, 2.05) is 6.92 Å². The molecule has 0 aliphatic rings. The average Bonchev–Trinajstić information content (AvgIpc) is 2.44. The van der Waals surface area contributed by atoms with Gasteiger partial charge in [-0.05, 0) is 31.4 Å². The number of unbranched alkanes of at least 4 members (excludes halogenated alkanes) is 1. The van der Waals surface area contributed by atoms with E-state index in [4.69, 9.17) is 0 Å². The van der Waals surface area contributed by atoms with Crippen LogP contribution in [-0.2, 0) is 0 Å². The Hall–Kier alpha value is -1.79. The van der Waals surface area contributed by atoms with Crippen LogP contribution in [0.25, 0.3) is 0 Å². The Morgan fingerprint density at radius 2 is 2.00 bits per heavy atom. The van der Waals surface area contributed by atoms with Crippen LogP contribution < -0.4 is 10.6 Å². The van der Waals surface area contributed by atoms with Crippen LogP contribution in [0.2, 0.25) is 0 Å². The van der Waals surface area contributed by atoms with Crippen LogP contribution in [-0.4, -0.2) is 30.2 Å². The third-order valence-electron chi connectivity index (χ3n) is 2.75. The molecule has 1 aromatic heterocycles. The summed E-state index contributed by atoms with van der Waals surface area (Å²) in [6.45, 7) is 3.07. The number of nitrogens with one attached hydrogen (secondary N) is 2. The van der Waals surface area contributed by atoms with Crippen LogP contribution in [0.15, 0.2) is 18.3 Å². The lowest BCUT2D eigenvalue weighted by Crippen LogP contribution is -2.24. The van der Waals surface area contributed by atoms with Gasteiger partial charge in [0.25, 0.3) is 5.91 Å². The number of pyridine rings is 1. The molecule has 7 heteroatoms. The number of nitrogens with zero attached hydrogens (tertiary/aromatic N) is 1. The zero-order valence-electron chi connectivity index (χ0n) is 12.0. The second-order valence-corrected chi connectivity index (χ2v) is 4.69. The highest BCUT2D eigenvalue weighted by Gasteiger charge is 2.25. The Balaban J connectivity index is 2.28. The summed E-state index contributed by atoms with van der Waals surface area (Å²) in [7, 11) is 0. The number of rotatable bonds is 8. The minimum Gasteiger partial charge on any atom is -0.370 e. The summed E-state index contributed by atoms with van der Waals surface area (Å²) < 4.78 is 35.8. The molecule has 0 spiro atoms. The zero-order valence-corrected chi connectivity index (χ0v) is 12.0. The summed E-state index contributed by atoms with van der Waals surface area (Å²) in [5, 5.41) is 5.67. The first-order valence-electron chi connectivity index (χ1n) is 6.97. The van der Waals surface area contributed by atoms with E-state index in [0.717, 1.165) is 13.0 Å². The number of carbonyl (C=O) groups is 1. The Morgan fingerprint density at radius 1 is 1.24 bits per heavy atom. The van der Waals surface area contributed by atoms with Crippen LogP contribution in [0.3, 0.4) is 0 Å². The number of halogens is 3. The monoisotopic (exact) mass is 303 g/mol. The predicted octanol–water partition coefficient (Wildman–Crippen LogP) is 3.37. The Morgan fingerprint density at radius 3 is 2.57 bits per heavy atom. The van der Waals surface area contributed by atoms with Gasteiger partial charge in [0.2, 0.25) is 0 Å². The maximum absolute atomic E-state index is 11.9. The minimum absolute atomic E-state index is 0.0158. The maximum atomic E-state index is 11.9. The summed E-state index contributed by atoms with van der Waals surface area (Å²) in [5.74, 6) is 0.370. The highest BCUT2D eigenvalue weighted by Crippen LogP contribution is 2.21. The fourth-order valence-electron chi connectivity index (χ4n) is 1.64. The molecule has 0 saturated heterocycles. The molecule has 4 nitrogen and oxygen atoms in total. The molecular formula is C14H20F3N3O. The van der Waals surface area contributed by atoms with Gasteiger partial charge in [-0.3, -0.25) is 4.79 Å². The molecule has 0 fully saturated rings. The quantitative estimate of drug-likeness (QED) is 0.724. The van der Waals surface area contributed by atoms with Gasteiger partial charge < -0.3 is 10.6 Å². The van der Waals surface area contributed by atoms with Gasteiger partial charge in [-0.2, -0.15) is 13.2 Å². The van der Waals surface area contributed by atoms with Crippen molar-refractivity contribution in [3.63, 3.8) is 0 Å². The number of carbonyl (C=O) groups excluding carboxylic acids is 1. The third kappa shape index (κ3) is 7.53. The predicted molar refractivity (Wildman–Crippen MR) is 75.3 cm³/mol. The van der Waals surface area contributed by atoms with Gasteiger partial charge in [0.15, 0.2) is 0 Å². The van der Waals surface area contributed by atoms with Crippen LogP contribution in [0.5, 0.6) is 0 Å². The van der Waals surface area contributed by atoms with Gasteiger partial charge in [-0.15, -0.1) is 0 Å². The third-order valence-corrected chi connectivity index (χ3v) is 2.75. The van der Waals surface area contributed by atoms with Crippen molar-refractivity contribution in [2.75, 3.05) is 18.4 Å². The van der Waals surface area contributed by atoms with Gasteiger partial charge in [-0.25, -0.2) is 4.98 Å². The van der Waals surface area contributed by atoms with Crippen molar-refractivity contribution in [1.29, 1.82) is 0 Å². The number of aromatic nitrogens is 1. The molecule has 2 N–H and O–H groups in total. The van der Waals surface area contributed by atoms with E-state index in [0.29, 0.717) is 17.8 Å². The van der Waals surface area contributed by atoms with Crippen LogP contribution >= 0.6 is 0 Å². The van der Waals surface area contributed by atoms with Crippen molar-refractivity contribution in [3.8, 4) is 0 Å². The molecule has 0 aromatic carbocycles. The molecule has 0 aliphatic carbocycles. The molecule has 0 atom stereocenters. The van der Waals surface area contributed by atoms with Gasteiger partial charge in [0.05, 0.1) is 5.56 Å². The summed E-state index contributed by atoms with van der Waals surface area (Å²) >= 11 is 0. The highest BCUT2D eigenvalue weighted by atomic mass is 19.4. The number of hydrogen-bond donors (Lipinski definition) is 2. The molecule has 0 bridgehead atoms. The lowest BCUT2D eigenvalue weighted by atomic mass is 10.2. The molecule has 1 aromatic rings. The van der Waals surface area contributed by atoms with Crippen molar-refractivity contribution in [3.05, 3.63) is 23.9 Å². The lowest BCUT2D eigenvalue weighted by molar-refractivity contribution is -0.135. The van der Waals surface area contributed by atoms with Crippen LogP contribution in [0.4, 0.5) is 19.0 Å². The summed E-state index contributed by atoms with van der Waals surface area (Å²) in [4.78, 5) is 15.8.